The van der Waals surface area contributed by atoms with Crippen molar-refractivity contribution in [2.45, 2.75) is 31.8 Å². The van der Waals surface area contributed by atoms with E-state index in [1.807, 2.05) is 14.0 Å². The molecule has 0 aromatic carbocycles. The molecule has 0 aliphatic heterocycles. The Kier molecular flexibility index (Phi) is 2.32. The van der Waals surface area contributed by atoms with Gasteiger partial charge in [-0.05, 0) is 32.7 Å². The second kappa shape index (κ2) is 2.89. The van der Waals surface area contributed by atoms with Crippen molar-refractivity contribution in [3.63, 3.8) is 0 Å². The fraction of sp³-hybridized carbons (Fsp3) is 1.00. The van der Waals surface area contributed by atoms with Crippen LogP contribution in [0.3, 0.4) is 0 Å². The van der Waals surface area contributed by atoms with E-state index in [1.54, 1.807) is 0 Å². The maximum atomic E-state index is 9.77. The molecule has 1 atom stereocenters. The summed E-state index contributed by atoms with van der Waals surface area (Å²) in [5.74, 6) is 0.542. The lowest BCUT2D eigenvalue weighted by Crippen LogP contribution is -2.46. The Morgan fingerprint density at radius 1 is 1.60 bits per heavy atom. The van der Waals surface area contributed by atoms with Gasteiger partial charge in [0.15, 0.2) is 0 Å². The SMILES string of the molecule is CNCC(C)(O)C1CCC1. The molecule has 1 fully saturated rings. The van der Waals surface area contributed by atoms with E-state index in [-0.39, 0.29) is 0 Å². The monoisotopic (exact) mass is 143 g/mol. The molecule has 0 bridgehead atoms. The predicted octanol–water partition coefficient (Wildman–Crippen LogP) is 0.757. The molecule has 1 aliphatic carbocycles. The van der Waals surface area contributed by atoms with Gasteiger partial charge in [-0.3, -0.25) is 0 Å². The lowest BCUT2D eigenvalue weighted by molar-refractivity contribution is -0.0316. The fourth-order valence-electron chi connectivity index (χ4n) is 1.53. The quantitative estimate of drug-likeness (QED) is 0.611. The van der Waals surface area contributed by atoms with Crippen molar-refractivity contribution >= 4 is 0 Å². The normalized spacial score (nSPS) is 25.5. The van der Waals surface area contributed by atoms with Gasteiger partial charge >= 0.3 is 0 Å². The summed E-state index contributed by atoms with van der Waals surface area (Å²) in [4.78, 5) is 0. The highest BCUT2D eigenvalue weighted by Crippen LogP contribution is 2.35. The zero-order valence-corrected chi connectivity index (χ0v) is 6.85. The van der Waals surface area contributed by atoms with Gasteiger partial charge in [-0.2, -0.15) is 0 Å². The molecule has 2 nitrogen and oxygen atoms in total. The zero-order valence-electron chi connectivity index (χ0n) is 6.85. The van der Waals surface area contributed by atoms with Crippen molar-refractivity contribution in [1.82, 2.24) is 5.32 Å². The molecule has 0 amide bonds. The summed E-state index contributed by atoms with van der Waals surface area (Å²) in [7, 11) is 1.88. The summed E-state index contributed by atoms with van der Waals surface area (Å²) in [6.45, 7) is 2.64. The lowest BCUT2D eigenvalue weighted by atomic mass is 9.74. The Hall–Kier alpha value is -0.0800. The molecule has 0 heterocycles. The van der Waals surface area contributed by atoms with Gasteiger partial charge in [0.25, 0.3) is 0 Å². The first-order valence-electron chi connectivity index (χ1n) is 4.04. The van der Waals surface area contributed by atoms with E-state index in [1.165, 1.54) is 19.3 Å². The van der Waals surface area contributed by atoms with E-state index in [4.69, 9.17) is 0 Å². The first-order valence-corrected chi connectivity index (χ1v) is 4.04. The number of rotatable bonds is 3. The smallest absolute Gasteiger partial charge is 0.0771 e. The molecule has 2 heteroatoms. The van der Waals surface area contributed by atoms with Crippen LogP contribution in [-0.4, -0.2) is 24.3 Å². The third kappa shape index (κ3) is 1.50. The molecule has 1 aliphatic rings. The van der Waals surface area contributed by atoms with Crippen molar-refractivity contribution in [3.05, 3.63) is 0 Å². The van der Waals surface area contributed by atoms with Crippen molar-refractivity contribution in [1.29, 1.82) is 0 Å². The van der Waals surface area contributed by atoms with E-state index < -0.39 is 5.60 Å². The van der Waals surface area contributed by atoms with Gasteiger partial charge < -0.3 is 10.4 Å². The summed E-state index contributed by atoms with van der Waals surface area (Å²) in [5, 5.41) is 12.8. The van der Waals surface area contributed by atoms with Crippen LogP contribution in [0.4, 0.5) is 0 Å². The highest BCUT2D eigenvalue weighted by molar-refractivity contribution is 4.88. The van der Waals surface area contributed by atoms with Gasteiger partial charge in [0, 0.05) is 6.54 Å². The van der Waals surface area contributed by atoms with E-state index in [9.17, 15) is 5.11 Å². The Balaban J connectivity index is 2.33. The van der Waals surface area contributed by atoms with Crippen LogP contribution in [0.25, 0.3) is 0 Å². The minimum atomic E-state index is -0.465. The van der Waals surface area contributed by atoms with Crippen LogP contribution in [-0.2, 0) is 0 Å². The first-order chi connectivity index (χ1) is 4.67. The maximum Gasteiger partial charge on any atom is 0.0771 e. The summed E-state index contributed by atoms with van der Waals surface area (Å²) in [6, 6.07) is 0. The van der Waals surface area contributed by atoms with Crippen molar-refractivity contribution in [2.24, 2.45) is 5.92 Å². The Morgan fingerprint density at radius 2 is 2.20 bits per heavy atom. The van der Waals surface area contributed by atoms with E-state index in [0.29, 0.717) is 5.92 Å². The molecule has 1 unspecified atom stereocenters. The zero-order chi connectivity index (χ0) is 7.61. The molecule has 0 spiro atoms. The minimum absolute atomic E-state index is 0.465. The van der Waals surface area contributed by atoms with Crippen molar-refractivity contribution in [3.8, 4) is 0 Å². The van der Waals surface area contributed by atoms with Crippen LogP contribution in [0, 0.1) is 5.92 Å². The average molecular weight is 143 g/mol. The first kappa shape index (κ1) is 8.02. The molecular weight excluding hydrogens is 126 g/mol. The van der Waals surface area contributed by atoms with Crippen LogP contribution in [0.15, 0.2) is 0 Å². The molecular formula is C8H17NO. The van der Waals surface area contributed by atoms with E-state index in [0.717, 1.165) is 6.54 Å². The molecule has 2 N–H and O–H groups in total. The highest BCUT2D eigenvalue weighted by Gasteiger charge is 2.34. The maximum absolute atomic E-state index is 9.77. The number of aliphatic hydroxyl groups is 1. The van der Waals surface area contributed by atoms with Crippen LogP contribution in [0.5, 0.6) is 0 Å². The summed E-state index contributed by atoms with van der Waals surface area (Å²) in [6.07, 6.45) is 3.70. The Labute approximate surface area is 62.6 Å². The highest BCUT2D eigenvalue weighted by atomic mass is 16.3. The fourth-order valence-corrected chi connectivity index (χ4v) is 1.53. The summed E-state index contributed by atoms with van der Waals surface area (Å²) >= 11 is 0. The van der Waals surface area contributed by atoms with Gasteiger partial charge in [-0.15, -0.1) is 0 Å². The topological polar surface area (TPSA) is 32.3 Å². The van der Waals surface area contributed by atoms with Gasteiger partial charge in [-0.1, -0.05) is 6.42 Å². The van der Waals surface area contributed by atoms with Crippen LogP contribution >= 0.6 is 0 Å². The standard InChI is InChI=1S/C8H17NO/c1-8(10,6-9-2)7-4-3-5-7/h7,9-10H,3-6H2,1-2H3. The van der Waals surface area contributed by atoms with Gasteiger partial charge in [0.1, 0.15) is 0 Å². The number of nitrogens with one attached hydrogen (secondary N) is 1. The second-order valence-corrected chi connectivity index (χ2v) is 3.52. The summed E-state index contributed by atoms with van der Waals surface area (Å²) < 4.78 is 0. The number of likely N-dealkylation sites (N-methyl/N-ethyl adjacent to an activating group) is 1. The van der Waals surface area contributed by atoms with Crippen LogP contribution in [0.2, 0.25) is 0 Å². The van der Waals surface area contributed by atoms with Crippen LogP contribution < -0.4 is 5.32 Å². The molecule has 10 heavy (non-hydrogen) atoms. The average Bonchev–Trinajstić information content (AvgIpc) is 1.56. The van der Waals surface area contributed by atoms with E-state index in [2.05, 4.69) is 5.32 Å². The number of hydrogen-bond donors (Lipinski definition) is 2. The molecule has 0 radical (unpaired) electrons. The summed E-state index contributed by atoms with van der Waals surface area (Å²) in [5.41, 5.74) is -0.465. The molecule has 1 rings (SSSR count). The van der Waals surface area contributed by atoms with Crippen molar-refractivity contribution < 1.29 is 5.11 Å². The third-order valence-corrected chi connectivity index (χ3v) is 2.52. The minimum Gasteiger partial charge on any atom is -0.389 e. The van der Waals surface area contributed by atoms with Crippen LogP contribution in [0.1, 0.15) is 26.2 Å². The van der Waals surface area contributed by atoms with Crippen molar-refractivity contribution in [2.75, 3.05) is 13.6 Å². The molecule has 1 saturated carbocycles. The Morgan fingerprint density at radius 3 is 2.50 bits per heavy atom. The lowest BCUT2D eigenvalue weighted by Gasteiger charge is -2.38. The van der Waals surface area contributed by atoms with Gasteiger partial charge in [-0.25, -0.2) is 0 Å². The molecule has 0 saturated heterocycles. The third-order valence-electron chi connectivity index (χ3n) is 2.52. The molecule has 60 valence electrons. The molecule has 0 aromatic heterocycles. The predicted molar refractivity (Wildman–Crippen MR) is 41.9 cm³/mol. The van der Waals surface area contributed by atoms with Gasteiger partial charge in [0.2, 0.25) is 0 Å². The van der Waals surface area contributed by atoms with Gasteiger partial charge in [0.05, 0.1) is 5.60 Å². The molecule has 0 aromatic rings. The second-order valence-electron chi connectivity index (χ2n) is 3.52. The number of hydrogen-bond acceptors (Lipinski definition) is 2. The Bertz CT molecular complexity index is 108. The largest absolute Gasteiger partial charge is 0.389 e. The van der Waals surface area contributed by atoms with E-state index >= 15 is 0 Å².